The molecule has 146 valence electrons. The minimum atomic E-state index is -0.879. The topological polar surface area (TPSA) is 114 Å². The summed E-state index contributed by atoms with van der Waals surface area (Å²) < 4.78 is 20.9. The summed E-state index contributed by atoms with van der Waals surface area (Å²) in [5.74, 6) is 0.0391. The van der Waals surface area contributed by atoms with Crippen LogP contribution in [-0.4, -0.2) is 29.8 Å². The van der Waals surface area contributed by atoms with Gasteiger partial charge in [-0.15, -0.1) is 11.3 Å². The first-order chi connectivity index (χ1) is 13.5. The number of hydrogen-bond acceptors (Lipinski definition) is 9. The standard InChI is InChI=1S/C18H16N2O7S/c1-3-25-15-8-12(13(20(22)23)9-14(15)24-2)18(21)26-10-11-7-16(27-19-11)17-5-4-6-28-17/h4-9H,3,10H2,1-2H3. The first-order valence-corrected chi connectivity index (χ1v) is 9.07. The Hall–Kier alpha value is -3.40. The van der Waals surface area contributed by atoms with E-state index < -0.39 is 16.6 Å². The fraction of sp³-hybridized carbons (Fsp3) is 0.222. The Labute approximate surface area is 163 Å². The predicted molar refractivity (Wildman–Crippen MR) is 99.8 cm³/mol. The van der Waals surface area contributed by atoms with Gasteiger partial charge in [-0.1, -0.05) is 11.2 Å². The molecule has 2 aromatic heterocycles. The molecule has 0 amide bonds. The van der Waals surface area contributed by atoms with Gasteiger partial charge in [-0.25, -0.2) is 4.79 Å². The summed E-state index contributed by atoms with van der Waals surface area (Å²) >= 11 is 1.48. The SMILES string of the molecule is CCOc1cc(C(=O)OCc2cc(-c3cccs3)on2)c([N+](=O)[O-])cc1OC. The van der Waals surface area contributed by atoms with Crippen molar-refractivity contribution in [1.29, 1.82) is 0 Å². The Morgan fingerprint density at radius 2 is 2.14 bits per heavy atom. The molecule has 0 N–H and O–H groups in total. The summed E-state index contributed by atoms with van der Waals surface area (Å²) in [6, 6.07) is 7.76. The second kappa shape index (κ2) is 8.53. The average Bonchev–Trinajstić information content (AvgIpc) is 3.37. The molecule has 0 fully saturated rings. The molecule has 2 heterocycles. The molecule has 1 aromatic carbocycles. The molecule has 0 saturated heterocycles. The van der Waals surface area contributed by atoms with E-state index in [9.17, 15) is 14.9 Å². The van der Waals surface area contributed by atoms with Crippen LogP contribution in [0.25, 0.3) is 10.6 Å². The Kier molecular flexibility index (Phi) is 5.90. The number of rotatable bonds is 8. The lowest BCUT2D eigenvalue weighted by atomic mass is 10.1. The maximum absolute atomic E-state index is 12.5. The molecule has 0 saturated carbocycles. The molecule has 0 unspecified atom stereocenters. The lowest BCUT2D eigenvalue weighted by Crippen LogP contribution is -2.10. The fourth-order valence-corrected chi connectivity index (χ4v) is 3.10. The Morgan fingerprint density at radius 3 is 2.79 bits per heavy atom. The van der Waals surface area contributed by atoms with Crippen LogP contribution in [0, 0.1) is 10.1 Å². The van der Waals surface area contributed by atoms with Crippen LogP contribution in [0.5, 0.6) is 11.5 Å². The highest BCUT2D eigenvalue weighted by Gasteiger charge is 2.26. The van der Waals surface area contributed by atoms with Gasteiger partial charge < -0.3 is 18.7 Å². The number of nitro groups is 1. The maximum atomic E-state index is 12.5. The summed E-state index contributed by atoms with van der Waals surface area (Å²) in [5.41, 5.74) is -0.293. The molecule has 0 atom stereocenters. The zero-order chi connectivity index (χ0) is 20.1. The fourth-order valence-electron chi connectivity index (χ4n) is 2.42. The number of ether oxygens (including phenoxy) is 3. The second-order valence-electron chi connectivity index (χ2n) is 5.45. The largest absolute Gasteiger partial charge is 0.493 e. The van der Waals surface area contributed by atoms with Gasteiger partial charge in [-0.2, -0.15) is 0 Å². The number of aromatic nitrogens is 1. The molecule has 3 aromatic rings. The highest BCUT2D eigenvalue weighted by molar-refractivity contribution is 7.13. The van der Waals surface area contributed by atoms with Crippen LogP contribution in [0.15, 0.2) is 40.2 Å². The maximum Gasteiger partial charge on any atom is 0.345 e. The van der Waals surface area contributed by atoms with E-state index >= 15 is 0 Å². The van der Waals surface area contributed by atoms with Crippen LogP contribution < -0.4 is 9.47 Å². The van der Waals surface area contributed by atoms with E-state index in [-0.39, 0.29) is 23.7 Å². The summed E-state index contributed by atoms with van der Waals surface area (Å²) in [5, 5.41) is 17.1. The molecule has 10 heteroatoms. The first kappa shape index (κ1) is 19.4. The number of methoxy groups -OCH3 is 1. The highest BCUT2D eigenvalue weighted by atomic mass is 32.1. The lowest BCUT2D eigenvalue weighted by Gasteiger charge is -2.11. The molecule has 9 nitrogen and oxygen atoms in total. The van der Waals surface area contributed by atoms with Gasteiger partial charge in [0.05, 0.1) is 29.6 Å². The molecule has 0 aliphatic rings. The van der Waals surface area contributed by atoms with Crippen LogP contribution in [0.1, 0.15) is 23.0 Å². The van der Waals surface area contributed by atoms with Crippen molar-refractivity contribution >= 4 is 23.0 Å². The number of nitrogens with zero attached hydrogens (tertiary/aromatic N) is 2. The Morgan fingerprint density at radius 1 is 1.32 bits per heavy atom. The van der Waals surface area contributed by atoms with Crippen LogP contribution in [0.2, 0.25) is 0 Å². The van der Waals surface area contributed by atoms with Crippen molar-refractivity contribution < 1.29 is 28.5 Å². The normalized spacial score (nSPS) is 10.5. The van der Waals surface area contributed by atoms with Gasteiger partial charge in [0.2, 0.25) is 0 Å². The van der Waals surface area contributed by atoms with E-state index in [0.29, 0.717) is 18.1 Å². The van der Waals surface area contributed by atoms with E-state index in [1.54, 1.807) is 13.0 Å². The van der Waals surface area contributed by atoms with E-state index in [1.807, 2.05) is 17.5 Å². The predicted octanol–water partition coefficient (Wildman–Crippen LogP) is 4.08. The number of esters is 1. The third-order valence-corrected chi connectivity index (χ3v) is 4.56. The summed E-state index contributed by atoms with van der Waals surface area (Å²) in [6.07, 6.45) is 0. The molecule has 28 heavy (non-hydrogen) atoms. The number of thiophene rings is 1. The molecule has 3 rings (SSSR count). The summed E-state index contributed by atoms with van der Waals surface area (Å²) in [6.45, 7) is 1.85. The number of carbonyl (C=O) groups excluding carboxylic acids is 1. The van der Waals surface area contributed by atoms with E-state index in [2.05, 4.69) is 5.16 Å². The van der Waals surface area contributed by atoms with Crippen LogP contribution in [-0.2, 0) is 11.3 Å². The summed E-state index contributed by atoms with van der Waals surface area (Å²) in [7, 11) is 1.36. The van der Waals surface area contributed by atoms with Crippen molar-refractivity contribution in [2.24, 2.45) is 0 Å². The summed E-state index contributed by atoms with van der Waals surface area (Å²) in [4.78, 5) is 24.0. The molecule has 0 bridgehead atoms. The zero-order valence-corrected chi connectivity index (χ0v) is 15.9. The van der Waals surface area contributed by atoms with Crippen molar-refractivity contribution in [3.05, 3.63) is 57.1 Å². The molecular formula is C18H16N2O7S. The number of benzene rings is 1. The van der Waals surface area contributed by atoms with Crippen LogP contribution >= 0.6 is 11.3 Å². The van der Waals surface area contributed by atoms with Crippen LogP contribution in [0.4, 0.5) is 5.69 Å². The third kappa shape index (κ3) is 4.12. The van der Waals surface area contributed by atoms with Crippen molar-refractivity contribution in [3.63, 3.8) is 0 Å². The second-order valence-corrected chi connectivity index (χ2v) is 6.39. The van der Waals surface area contributed by atoms with E-state index in [0.717, 1.165) is 10.9 Å². The number of carbonyl (C=O) groups is 1. The van der Waals surface area contributed by atoms with Gasteiger partial charge in [-0.3, -0.25) is 10.1 Å². The highest BCUT2D eigenvalue weighted by Crippen LogP contribution is 2.35. The smallest absolute Gasteiger partial charge is 0.345 e. The van der Waals surface area contributed by atoms with E-state index in [4.69, 9.17) is 18.7 Å². The number of nitro benzene ring substituents is 1. The van der Waals surface area contributed by atoms with Gasteiger partial charge in [0.15, 0.2) is 17.3 Å². The van der Waals surface area contributed by atoms with Crippen molar-refractivity contribution in [3.8, 4) is 22.1 Å². The zero-order valence-electron chi connectivity index (χ0n) is 15.0. The molecule has 0 aliphatic heterocycles. The van der Waals surface area contributed by atoms with Gasteiger partial charge in [-0.05, 0) is 18.4 Å². The Balaban J connectivity index is 1.79. The van der Waals surface area contributed by atoms with Gasteiger partial charge in [0.1, 0.15) is 17.9 Å². The molecule has 0 spiro atoms. The molecular weight excluding hydrogens is 388 g/mol. The first-order valence-electron chi connectivity index (χ1n) is 8.19. The minimum absolute atomic E-state index is 0.155. The van der Waals surface area contributed by atoms with Gasteiger partial charge >= 0.3 is 5.97 Å². The monoisotopic (exact) mass is 404 g/mol. The van der Waals surface area contributed by atoms with Crippen molar-refractivity contribution in [2.75, 3.05) is 13.7 Å². The van der Waals surface area contributed by atoms with E-state index in [1.165, 1.54) is 24.5 Å². The minimum Gasteiger partial charge on any atom is -0.493 e. The van der Waals surface area contributed by atoms with Crippen LogP contribution in [0.3, 0.4) is 0 Å². The van der Waals surface area contributed by atoms with Gasteiger partial charge in [0.25, 0.3) is 5.69 Å². The quantitative estimate of drug-likeness (QED) is 0.313. The van der Waals surface area contributed by atoms with Crippen molar-refractivity contribution in [2.45, 2.75) is 13.5 Å². The van der Waals surface area contributed by atoms with Crippen molar-refractivity contribution in [1.82, 2.24) is 5.16 Å². The third-order valence-electron chi connectivity index (χ3n) is 3.67. The molecule has 0 radical (unpaired) electrons. The lowest BCUT2D eigenvalue weighted by molar-refractivity contribution is -0.385. The Bertz CT molecular complexity index is 982. The average molecular weight is 404 g/mol. The number of hydrogen-bond donors (Lipinski definition) is 0. The molecule has 0 aliphatic carbocycles. The van der Waals surface area contributed by atoms with Gasteiger partial charge in [0, 0.05) is 12.1 Å².